The molecular formula is C11H22N2O3. The first kappa shape index (κ1) is 14.9. The van der Waals surface area contributed by atoms with Crippen LogP contribution in [0.25, 0.3) is 0 Å². The number of rotatable bonds is 5. The van der Waals surface area contributed by atoms with Crippen molar-refractivity contribution in [3.8, 4) is 0 Å². The minimum Gasteiger partial charge on any atom is -0.480 e. The number of hydrogen-bond acceptors (Lipinski definition) is 3. The molecule has 0 aliphatic heterocycles. The minimum absolute atomic E-state index is 0.0230. The Hall–Kier alpha value is -1.10. The van der Waals surface area contributed by atoms with E-state index in [2.05, 4.69) is 5.32 Å². The van der Waals surface area contributed by atoms with Crippen molar-refractivity contribution < 1.29 is 14.7 Å². The normalized spacial score (nSPS) is 17.0. The molecule has 0 heterocycles. The van der Waals surface area contributed by atoms with Crippen LogP contribution in [0.4, 0.5) is 0 Å². The highest BCUT2D eigenvalue weighted by atomic mass is 16.4. The number of carbonyl (C=O) groups excluding carboxylic acids is 1. The quantitative estimate of drug-likeness (QED) is 0.644. The fourth-order valence-corrected chi connectivity index (χ4v) is 1.09. The third kappa shape index (κ3) is 3.20. The highest BCUT2D eigenvalue weighted by Gasteiger charge is 2.39. The Morgan fingerprint density at radius 1 is 1.25 bits per heavy atom. The number of nitrogens with one attached hydrogen (secondary N) is 1. The maximum Gasteiger partial charge on any atom is 0.329 e. The van der Waals surface area contributed by atoms with Crippen molar-refractivity contribution in [1.82, 2.24) is 5.32 Å². The Bertz CT molecular complexity index is 276. The summed E-state index contributed by atoms with van der Waals surface area (Å²) in [6.07, 6.45) is 0. The summed E-state index contributed by atoms with van der Waals surface area (Å²) in [6, 6.07) is -0.683. The van der Waals surface area contributed by atoms with E-state index in [1.54, 1.807) is 13.8 Å². The summed E-state index contributed by atoms with van der Waals surface area (Å²) < 4.78 is 0. The van der Waals surface area contributed by atoms with Crippen molar-refractivity contribution in [1.29, 1.82) is 0 Å². The Labute approximate surface area is 96.4 Å². The molecule has 0 radical (unpaired) electrons. The first-order valence-electron chi connectivity index (χ1n) is 5.44. The molecule has 4 N–H and O–H groups in total. The first-order valence-corrected chi connectivity index (χ1v) is 5.44. The van der Waals surface area contributed by atoms with Crippen LogP contribution in [0.1, 0.15) is 34.6 Å². The summed E-state index contributed by atoms with van der Waals surface area (Å²) in [5, 5.41) is 11.6. The van der Waals surface area contributed by atoms with E-state index >= 15 is 0 Å². The molecule has 1 amide bonds. The molecule has 0 spiro atoms. The number of carbonyl (C=O) groups is 2. The largest absolute Gasteiger partial charge is 0.480 e. The molecule has 0 bridgehead atoms. The van der Waals surface area contributed by atoms with E-state index in [0.717, 1.165) is 0 Å². The molecule has 2 atom stereocenters. The molecule has 94 valence electrons. The second-order valence-corrected chi connectivity index (χ2v) is 4.92. The van der Waals surface area contributed by atoms with Crippen molar-refractivity contribution in [2.24, 2.45) is 17.6 Å². The van der Waals surface area contributed by atoms with Crippen molar-refractivity contribution in [2.45, 2.75) is 46.2 Å². The van der Waals surface area contributed by atoms with Crippen molar-refractivity contribution in [3.63, 3.8) is 0 Å². The molecule has 0 aliphatic rings. The first-order chi connectivity index (χ1) is 7.12. The highest BCUT2D eigenvalue weighted by Crippen LogP contribution is 2.17. The van der Waals surface area contributed by atoms with Gasteiger partial charge in [-0.1, -0.05) is 27.7 Å². The zero-order chi connectivity index (χ0) is 13.1. The lowest BCUT2D eigenvalue weighted by molar-refractivity contribution is -0.149. The number of carboxylic acids is 1. The second kappa shape index (κ2) is 5.30. The molecule has 0 saturated heterocycles. The minimum atomic E-state index is -1.27. The van der Waals surface area contributed by atoms with Crippen LogP contribution in [0.5, 0.6) is 0 Å². The smallest absolute Gasteiger partial charge is 0.329 e. The van der Waals surface area contributed by atoms with Gasteiger partial charge in [-0.15, -0.1) is 0 Å². The van der Waals surface area contributed by atoms with Crippen molar-refractivity contribution in [3.05, 3.63) is 0 Å². The monoisotopic (exact) mass is 230 g/mol. The average molecular weight is 230 g/mol. The zero-order valence-corrected chi connectivity index (χ0v) is 10.6. The summed E-state index contributed by atoms with van der Waals surface area (Å²) in [6.45, 7) is 8.62. The third-order valence-corrected chi connectivity index (χ3v) is 3.00. The Morgan fingerprint density at radius 2 is 1.69 bits per heavy atom. The number of nitrogens with two attached hydrogens (primary N) is 1. The fourth-order valence-electron chi connectivity index (χ4n) is 1.09. The van der Waals surface area contributed by atoms with Crippen LogP contribution in [0, 0.1) is 11.8 Å². The average Bonchev–Trinajstić information content (AvgIpc) is 2.15. The summed E-state index contributed by atoms with van der Waals surface area (Å²) in [5.74, 6) is -1.71. The molecule has 0 fully saturated rings. The van der Waals surface area contributed by atoms with Gasteiger partial charge >= 0.3 is 5.97 Å². The standard InChI is InChI=1S/C11H22N2O3/c1-6(2)8(12)9(14)13-11(5,7(3)4)10(15)16/h6-8H,12H2,1-5H3,(H,13,14)(H,15,16). The summed E-state index contributed by atoms with van der Waals surface area (Å²) in [7, 11) is 0. The molecule has 0 rings (SSSR count). The Morgan fingerprint density at radius 3 is 1.94 bits per heavy atom. The molecule has 0 aromatic carbocycles. The second-order valence-electron chi connectivity index (χ2n) is 4.92. The molecule has 5 nitrogen and oxygen atoms in total. The third-order valence-electron chi connectivity index (χ3n) is 3.00. The summed E-state index contributed by atoms with van der Waals surface area (Å²) >= 11 is 0. The van der Waals surface area contributed by atoms with Gasteiger partial charge in [0.25, 0.3) is 0 Å². The lowest BCUT2D eigenvalue weighted by Gasteiger charge is -2.31. The van der Waals surface area contributed by atoms with E-state index in [1.165, 1.54) is 6.92 Å². The zero-order valence-electron chi connectivity index (χ0n) is 10.6. The lowest BCUT2D eigenvalue weighted by Crippen LogP contribution is -2.60. The summed E-state index contributed by atoms with van der Waals surface area (Å²) in [5.41, 5.74) is 4.39. The molecule has 0 aromatic rings. The molecular weight excluding hydrogens is 208 g/mol. The van der Waals surface area contributed by atoms with Gasteiger partial charge in [-0.25, -0.2) is 4.79 Å². The maximum atomic E-state index is 11.7. The molecule has 5 heteroatoms. The van der Waals surface area contributed by atoms with E-state index in [9.17, 15) is 9.59 Å². The number of amides is 1. The van der Waals surface area contributed by atoms with Crippen LogP contribution in [-0.2, 0) is 9.59 Å². The Balaban J connectivity index is 4.79. The molecule has 0 aliphatic carbocycles. The van der Waals surface area contributed by atoms with Crippen LogP contribution in [0.2, 0.25) is 0 Å². The van der Waals surface area contributed by atoms with Gasteiger partial charge in [-0.05, 0) is 18.8 Å². The van der Waals surface area contributed by atoms with Crippen LogP contribution >= 0.6 is 0 Å². The highest BCUT2D eigenvalue weighted by molar-refractivity contribution is 5.89. The summed E-state index contributed by atoms with van der Waals surface area (Å²) in [4.78, 5) is 22.8. The van der Waals surface area contributed by atoms with Crippen LogP contribution < -0.4 is 11.1 Å². The molecule has 0 saturated carbocycles. The molecule has 0 aromatic heterocycles. The van der Waals surface area contributed by atoms with E-state index in [-0.39, 0.29) is 11.8 Å². The van der Waals surface area contributed by atoms with E-state index in [4.69, 9.17) is 10.8 Å². The molecule has 16 heavy (non-hydrogen) atoms. The van der Waals surface area contributed by atoms with Crippen LogP contribution in [-0.4, -0.2) is 28.6 Å². The van der Waals surface area contributed by atoms with Gasteiger partial charge in [0.15, 0.2) is 0 Å². The van der Waals surface area contributed by atoms with Crippen LogP contribution in [0.3, 0.4) is 0 Å². The van der Waals surface area contributed by atoms with Crippen molar-refractivity contribution >= 4 is 11.9 Å². The van der Waals surface area contributed by atoms with Crippen LogP contribution in [0.15, 0.2) is 0 Å². The lowest BCUT2D eigenvalue weighted by atomic mass is 9.87. The van der Waals surface area contributed by atoms with Gasteiger partial charge in [-0.3, -0.25) is 4.79 Å². The Kier molecular flexibility index (Phi) is 4.93. The SMILES string of the molecule is CC(C)C(N)C(=O)NC(C)(C(=O)O)C(C)C. The van der Waals surface area contributed by atoms with Gasteiger partial charge in [-0.2, -0.15) is 0 Å². The molecule has 2 unspecified atom stereocenters. The number of carboxylic acid groups (broad SMARTS) is 1. The van der Waals surface area contributed by atoms with E-state index in [1.807, 2.05) is 13.8 Å². The van der Waals surface area contributed by atoms with Crippen molar-refractivity contribution in [2.75, 3.05) is 0 Å². The number of aliphatic carboxylic acids is 1. The topological polar surface area (TPSA) is 92.4 Å². The predicted molar refractivity (Wildman–Crippen MR) is 61.8 cm³/mol. The number of hydrogen-bond donors (Lipinski definition) is 3. The van der Waals surface area contributed by atoms with Gasteiger partial charge in [0.05, 0.1) is 6.04 Å². The van der Waals surface area contributed by atoms with Gasteiger partial charge in [0.1, 0.15) is 5.54 Å². The van der Waals surface area contributed by atoms with E-state index in [0.29, 0.717) is 0 Å². The predicted octanol–water partition coefficient (Wildman–Crippen LogP) is 0.585. The van der Waals surface area contributed by atoms with Gasteiger partial charge < -0.3 is 16.2 Å². The van der Waals surface area contributed by atoms with Gasteiger partial charge in [0, 0.05) is 0 Å². The fraction of sp³-hybridized carbons (Fsp3) is 0.818. The van der Waals surface area contributed by atoms with E-state index < -0.39 is 23.5 Å². The maximum absolute atomic E-state index is 11.7. The van der Waals surface area contributed by atoms with Gasteiger partial charge in [0.2, 0.25) is 5.91 Å².